The van der Waals surface area contributed by atoms with Crippen LogP contribution in [0.2, 0.25) is 0 Å². The summed E-state index contributed by atoms with van der Waals surface area (Å²) in [5.41, 5.74) is 0.585. The molecule has 112 valence electrons. The van der Waals surface area contributed by atoms with Gasteiger partial charge in [-0.2, -0.15) is 0 Å². The SMILES string of the molecule is CCNc1ncccc1C(=O)NC(c1cccs1)C(C)C. The quantitative estimate of drug-likeness (QED) is 0.855. The van der Waals surface area contributed by atoms with Crippen molar-refractivity contribution < 1.29 is 4.79 Å². The number of pyridine rings is 1. The minimum Gasteiger partial charge on any atom is -0.370 e. The van der Waals surface area contributed by atoms with Crippen LogP contribution < -0.4 is 10.6 Å². The molecule has 4 nitrogen and oxygen atoms in total. The molecule has 0 radical (unpaired) electrons. The van der Waals surface area contributed by atoms with Gasteiger partial charge in [-0.05, 0) is 36.4 Å². The van der Waals surface area contributed by atoms with Crippen molar-refractivity contribution >= 4 is 23.1 Å². The summed E-state index contributed by atoms with van der Waals surface area (Å²) < 4.78 is 0. The lowest BCUT2D eigenvalue weighted by atomic mass is 10.0. The number of thiophene rings is 1. The fourth-order valence-corrected chi connectivity index (χ4v) is 3.10. The molecule has 2 aromatic rings. The molecule has 0 aliphatic rings. The van der Waals surface area contributed by atoms with Crippen molar-refractivity contribution in [3.63, 3.8) is 0 Å². The second kappa shape index (κ2) is 7.22. The largest absolute Gasteiger partial charge is 0.370 e. The Morgan fingerprint density at radius 2 is 2.14 bits per heavy atom. The number of hydrogen-bond donors (Lipinski definition) is 2. The number of carbonyl (C=O) groups is 1. The lowest BCUT2D eigenvalue weighted by Gasteiger charge is -2.22. The molecule has 0 bridgehead atoms. The van der Waals surface area contributed by atoms with E-state index in [1.54, 1.807) is 29.7 Å². The Kier molecular flexibility index (Phi) is 5.33. The van der Waals surface area contributed by atoms with E-state index in [4.69, 9.17) is 0 Å². The number of anilines is 1. The van der Waals surface area contributed by atoms with Gasteiger partial charge in [-0.15, -0.1) is 11.3 Å². The summed E-state index contributed by atoms with van der Waals surface area (Å²) >= 11 is 1.67. The van der Waals surface area contributed by atoms with Gasteiger partial charge in [-0.25, -0.2) is 4.98 Å². The highest BCUT2D eigenvalue weighted by molar-refractivity contribution is 7.10. The van der Waals surface area contributed by atoms with Gasteiger partial charge in [0.1, 0.15) is 5.82 Å². The minimum atomic E-state index is -0.0915. The van der Waals surface area contributed by atoms with Crippen LogP contribution in [0.4, 0.5) is 5.82 Å². The number of amides is 1. The summed E-state index contributed by atoms with van der Waals surface area (Å²) in [7, 11) is 0. The van der Waals surface area contributed by atoms with Crippen LogP contribution in [0.15, 0.2) is 35.8 Å². The highest BCUT2D eigenvalue weighted by atomic mass is 32.1. The number of nitrogens with zero attached hydrogens (tertiary/aromatic N) is 1. The Labute approximate surface area is 129 Å². The normalized spacial score (nSPS) is 12.2. The Bertz CT molecular complexity index is 581. The predicted molar refractivity (Wildman–Crippen MR) is 87.8 cm³/mol. The summed E-state index contributed by atoms with van der Waals surface area (Å²) in [5.74, 6) is 0.865. The molecule has 0 aliphatic carbocycles. The van der Waals surface area contributed by atoms with Gasteiger partial charge in [0.05, 0.1) is 11.6 Å². The van der Waals surface area contributed by atoms with Crippen molar-refractivity contribution in [3.05, 3.63) is 46.3 Å². The maximum Gasteiger partial charge on any atom is 0.255 e. The van der Waals surface area contributed by atoms with Gasteiger partial charge >= 0.3 is 0 Å². The maximum absolute atomic E-state index is 12.6. The molecule has 2 rings (SSSR count). The van der Waals surface area contributed by atoms with Crippen LogP contribution >= 0.6 is 11.3 Å². The van der Waals surface area contributed by atoms with E-state index in [-0.39, 0.29) is 11.9 Å². The molecule has 2 heterocycles. The third-order valence-electron chi connectivity index (χ3n) is 3.20. The standard InChI is InChI=1S/C16H21N3OS/c1-4-17-15-12(7-5-9-18-15)16(20)19-14(11(2)3)13-8-6-10-21-13/h5-11,14H,4H2,1-3H3,(H,17,18)(H,19,20). The van der Waals surface area contributed by atoms with Crippen molar-refractivity contribution in [2.75, 3.05) is 11.9 Å². The monoisotopic (exact) mass is 303 g/mol. The molecule has 0 saturated carbocycles. The first-order valence-electron chi connectivity index (χ1n) is 7.16. The first-order chi connectivity index (χ1) is 10.1. The number of hydrogen-bond acceptors (Lipinski definition) is 4. The smallest absolute Gasteiger partial charge is 0.255 e. The molecule has 0 spiro atoms. The highest BCUT2D eigenvalue weighted by Gasteiger charge is 2.21. The van der Waals surface area contributed by atoms with Crippen molar-refractivity contribution in [1.29, 1.82) is 0 Å². The first kappa shape index (κ1) is 15.5. The van der Waals surface area contributed by atoms with Crippen LogP contribution in [0.3, 0.4) is 0 Å². The Morgan fingerprint density at radius 3 is 2.76 bits per heavy atom. The Hall–Kier alpha value is -1.88. The maximum atomic E-state index is 12.6. The van der Waals surface area contributed by atoms with E-state index in [0.717, 1.165) is 6.54 Å². The molecule has 1 unspecified atom stereocenters. The van der Waals surface area contributed by atoms with E-state index >= 15 is 0 Å². The molecule has 0 saturated heterocycles. The molecule has 2 N–H and O–H groups in total. The van der Waals surface area contributed by atoms with Gasteiger partial charge in [-0.3, -0.25) is 4.79 Å². The van der Waals surface area contributed by atoms with Gasteiger partial charge in [0, 0.05) is 17.6 Å². The molecule has 0 aromatic carbocycles. The molecule has 0 fully saturated rings. The molecular formula is C16H21N3OS. The molecule has 21 heavy (non-hydrogen) atoms. The third-order valence-corrected chi connectivity index (χ3v) is 4.15. The zero-order chi connectivity index (χ0) is 15.2. The van der Waals surface area contributed by atoms with Crippen LogP contribution in [-0.4, -0.2) is 17.4 Å². The third kappa shape index (κ3) is 3.82. The van der Waals surface area contributed by atoms with E-state index in [9.17, 15) is 4.79 Å². The molecule has 2 aromatic heterocycles. The van der Waals surface area contributed by atoms with Crippen LogP contribution in [-0.2, 0) is 0 Å². The zero-order valence-corrected chi connectivity index (χ0v) is 13.4. The summed E-state index contributed by atoms with van der Waals surface area (Å²) in [6.45, 7) is 6.94. The number of rotatable bonds is 6. The summed E-state index contributed by atoms with van der Waals surface area (Å²) in [6.07, 6.45) is 1.69. The predicted octanol–water partition coefficient (Wildman–Crippen LogP) is 3.70. The van der Waals surface area contributed by atoms with Crippen LogP contribution in [0.1, 0.15) is 42.0 Å². The summed E-state index contributed by atoms with van der Waals surface area (Å²) in [5, 5.41) is 8.28. The fourth-order valence-electron chi connectivity index (χ4n) is 2.15. The summed E-state index contributed by atoms with van der Waals surface area (Å²) in [4.78, 5) is 18.0. The first-order valence-corrected chi connectivity index (χ1v) is 8.04. The van der Waals surface area contributed by atoms with E-state index in [2.05, 4.69) is 35.5 Å². The van der Waals surface area contributed by atoms with E-state index in [0.29, 0.717) is 17.3 Å². The van der Waals surface area contributed by atoms with Gasteiger partial charge in [0.25, 0.3) is 5.91 Å². The van der Waals surface area contributed by atoms with E-state index < -0.39 is 0 Å². The lowest BCUT2D eigenvalue weighted by Crippen LogP contribution is -2.31. The van der Waals surface area contributed by atoms with E-state index in [1.807, 2.05) is 18.4 Å². The van der Waals surface area contributed by atoms with Crippen molar-refractivity contribution in [3.8, 4) is 0 Å². The fraction of sp³-hybridized carbons (Fsp3) is 0.375. The van der Waals surface area contributed by atoms with Gasteiger partial charge in [0.2, 0.25) is 0 Å². The summed E-state index contributed by atoms with van der Waals surface area (Å²) in [6, 6.07) is 7.67. The molecular weight excluding hydrogens is 282 g/mol. The second-order valence-electron chi connectivity index (χ2n) is 5.14. The molecule has 1 atom stereocenters. The number of carbonyl (C=O) groups excluding carboxylic acids is 1. The topological polar surface area (TPSA) is 54.0 Å². The Morgan fingerprint density at radius 1 is 1.33 bits per heavy atom. The van der Waals surface area contributed by atoms with Gasteiger partial charge in [0.15, 0.2) is 0 Å². The zero-order valence-electron chi connectivity index (χ0n) is 12.6. The number of nitrogens with one attached hydrogen (secondary N) is 2. The molecule has 1 amide bonds. The van der Waals surface area contributed by atoms with E-state index in [1.165, 1.54) is 4.88 Å². The van der Waals surface area contributed by atoms with Crippen molar-refractivity contribution in [2.24, 2.45) is 5.92 Å². The van der Waals surface area contributed by atoms with Crippen molar-refractivity contribution in [2.45, 2.75) is 26.8 Å². The lowest BCUT2D eigenvalue weighted by molar-refractivity contribution is 0.0927. The van der Waals surface area contributed by atoms with Crippen LogP contribution in [0.25, 0.3) is 0 Å². The average molecular weight is 303 g/mol. The van der Waals surface area contributed by atoms with Crippen molar-refractivity contribution in [1.82, 2.24) is 10.3 Å². The number of aromatic nitrogens is 1. The molecule has 5 heteroatoms. The van der Waals surface area contributed by atoms with Crippen LogP contribution in [0.5, 0.6) is 0 Å². The Balaban J connectivity index is 2.20. The minimum absolute atomic E-state index is 0.0205. The highest BCUT2D eigenvalue weighted by Crippen LogP contribution is 2.26. The van der Waals surface area contributed by atoms with Crippen LogP contribution in [0, 0.1) is 5.92 Å². The van der Waals surface area contributed by atoms with Gasteiger partial charge < -0.3 is 10.6 Å². The average Bonchev–Trinajstić information content (AvgIpc) is 2.99. The van der Waals surface area contributed by atoms with Gasteiger partial charge in [-0.1, -0.05) is 19.9 Å². The second-order valence-corrected chi connectivity index (χ2v) is 6.12. The molecule has 0 aliphatic heterocycles.